The number of hydrogen-bond acceptors (Lipinski definition) is 1. The van der Waals surface area contributed by atoms with Gasteiger partial charge in [0.25, 0.3) is 0 Å². The molecule has 1 aromatic rings. The van der Waals surface area contributed by atoms with E-state index in [1.807, 2.05) is 18.2 Å². The summed E-state index contributed by atoms with van der Waals surface area (Å²) in [4.78, 5) is 3.78. The number of pyridine rings is 1. The van der Waals surface area contributed by atoms with Gasteiger partial charge in [-0.1, -0.05) is 6.07 Å². The maximum atomic E-state index is 3.78. The average molecular weight is 216 g/mol. The Kier molecular flexibility index (Phi) is 9.34. The normalized spacial score (nSPS) is 6.00. The Morgan fingerprint density at radius 1 is 0.875 bits per heavy atom. The molecular formula is C5H9N2Sn+5. The molecule has 0 unspecified atom stereocenters. The van der Waals surface area contributed by atoms with Gasteiger partial charge in [-0.3, -0.25) is 4.98 Å². The molecule has 1 rings (SSSR count). The standard InChI is InChI=1S/C5H5N.H3N.Sn/c1-2-4-6-5-3-1;;/h1-5H;1H3;/q;;+4/p+1. The second-order valence-electron chi connectivity index (χ2n) is 1.02. The van der Waals surface area contributed by atoms with Crippen LogP contribution >= 0.6 is 0 Å². The van der Waals surface area contributed by atoms with E-state index in [0.29, 0.717) is 0 Å². The summed E-state index contributed by atoms with van der Waals surface area (Å²) in [6.07, 6.45) is 3.50. The summed E-state index contributed by atoms with van der Waals surface area (Å²) in [5, 5.41) is 0. The maximum absolute atomic E-state index is 3.78. The van der Waals surface area contributed by atoms with Crippen LogP contribution in [0.2, 0.25) is 0 Å². The van der Waals surface area contributed by atoms with Crippen molar-refractivity contribution in [3.05, 3.63) is 30.6 Å². The molecule has 0 aliphatic carbocycles. The maximum Gasteiger partial charge on any atom is 4.00 e. The molecule has 3 heteroatoms. The van der Waals surface area contributed by atoms with Gasteiger partial charge in [-0.05, 0) is 12.1 Å². The SMILES string of the molecule is [NH4+].[Sn+4].c1ccncc1. The molecule has 0 saturated heterocycles. The van der Waals surface area contributed by atoms with Crippen LogP contribution in [0.1, 0.15) is 0 Å². The first kappa shape index (κ1) is 10.8. The molecule has 0 aromatic carbocycles. The Morgan fingerprint density at radius 3 is 1.50 bits per heavy atom. The second kappa shape index (κ2) is 6.91. The molecule has 0 bridgehead atoms. The molecule has 0 saturated carbocycles. The van der Waals surface area contributed by atoms with Crippen molar-refractivity contribution < 1.29 is 0 Å². The van der Waals surface area contributed by atoms with Gasteiger partial charge in [0.1, 0.15) is 0 Å². The van der Waals surface area contributed by atoms with E-state index in [1.165, 1.54) is 0 Å². The average Bonchev–Trinajstić information content (AvgIpc) is 1.72. The van der Waals surface area contributed by atoms with Crippen LogP contribution in [0, 0.1) is 0 Å². The number of aromatic nitrogens is 1. The minimum absolute atomic E-state index is 0. The van der Waals surface area contributed by atoms with Crippen LogP contribution in [0.3, 0.4) is 0 Å². The van der Waals surface area contributed by atoms with Gasteiger partial charge in [0.15, 0.2) is 0 Å². The van der Waals surface area contributed by atoms with Gasteiger partial charge in [-0.25, -0.2) is 0 Å². The van der Waals surface area contributed by atoms with Crippen molar-refractivity contribution >= 4 is 23.9 Å². The minimum Gasteiger partial charge on any atom is -0.369 e. The topological polar surface area (TPSA) is 49.4 Å². The monoisotopic (exact) mass is 217 g/mol. The predicted molar refractivity (Wildman–Crippen MR) is 36.0 cm³/mol. The molecule has 0 fully saturated rings. The molecule has 1 aromatic heterocycles. The van der Waals surface area contributed by atoms with E-state index >= 15 is 0 Å². The van der Waals surface area contributed by atoms with Gasteiger partial charge in [-0.15, -0.1) is 0 Å². The fourth-order valence-electron chi connectivity index (χ4n) is 0.313. The molecule has 0 atom stereocenters. The van der Waals surface area contributed by atoms with E-state index in [0.717, 1.165) is 0 Å². The summed E-state index contributed by atoms with van der Waals surface area (Å²) < 4.78 is 0. The fourth-order valence-corrected chi connectivity index (χ4v) is 0.313. The van der Waals surface area contributed by atoms with Gasteiger partial charge >= 0.3 is 23.9 Å². The first-order valence-corrected chi connectivity index (χ1v) is 1.85. The molecule has 0 aliphatic rings. The molecule has 4 N–H and O–H groups in total. The van der Waals surface area contributed by atoms with E-state index in [9.17, 15) is 0 Å². The molecule has 1 heterocycles. The van der Waals surface area contributed by atoms with Crippen LogP contribution in [0.15, 0.2) is 30.6 Å². The second-order valence-corrected chi connectivity index (χ2v) is 1.02. The third kappa shape index (κ3) is 4.08. The summed E-state index contributed by atoms with van der Waals surface area (Å²) in [6.45, 7) is 0. The number of hydrogen-bond donors (Lipinski definition) is 1. The van der Waals surface area contributed by atoms with Crippen LogP contribution in [-0.2, 0) is 0 Å². The molecule has 0 amide bonds. The van der Waals surface area contributed by atoms with Crippen molar-refractivity contribution in [2.75, 3.05) is 0 Å². The Balaban J connectivity index is 0. The van der Waals surface area contributed by atoms with E-state index in [2.05, 4.69) is 4.98 Å². The molecule has 8 heavy (non-hydrogen) atoms. The van der Waals surface area contributed by atoms with Gasteiger partial charge < -0.3 is 6.15 Å². The predicted octanol–water partition coefficient (Wildman–Crippen LogP) is 1.08. The van der Waals surface area contributed by atoms with E-state index in [4.69, 9.17) is 0 Å². The van der Waals surface area contributed by atoms with Crippen molar-refractivity contribution in [3.63, 3.8) is 0 Å². The number of quaternary nitrogens is 1. The van der Waals surface area contributed by atoms with Gasteiger partial charge in [0, 0.05) is 12.4 Å². The van der Waals surface area contributed by atoms with Crippen LogP contribution in [0.5, 0.6) is 0 Å². The minimum atomic E-state index is 0. The van der Waals surface area contributed by atoms with Crippen LogP contribution in [-0.4, -0.2) is 28.9 Å². The van der Waals surface area contributed by atoms with Crippen LogP contribution in [0.4, 0.5) is 0 Å². The summed E-state index contributed by atoms with van der Waals surface area (Å²) >= 11 is 0. The zero-order valence-electron chi connectivity index (χ0n) is 4.83. The summed E-state index contributed by atoms with van der Waals surface area (Å²) in [6, 6.07) is 5.72. The zero-order valence-corrected chi connectivity index (χ0v) is 7.69. The van der Waals surface area contributed by atoms with Gasteiger partial charge in [-0.2, -0.15) is 0 Å². The zero-order chi connectivity index (χ0) is 4.24. The molecule has 38 valence electrons. The van der Waals surface area contributed by atoms with E-state index in [1.54, 1.807) is 12.4 Å². The Hall–Kier alpha value is -0.0913. The Bertz CT molecular complexity index is 82.4. The molecule has 0 radical (unpaired) electrons. The Morgan fingerprint density at radius 2 is 1.38 bits per heavy atom. The first-order chi connectivity index (χ1) is 3.00. The van der Waals surface area contributed by atoms with Crippen molar-refractivity contribution in [2.24, 2.45) is 0 Å². The first-order valence-electron chi connectivity index (χ1n) is 1.85. The molecular weight excluding hydrogens is 207 g/mol. The quantitative estimate of drug-likeness (QED) is 0.647. The fraction of sp³-hybridized carbons (Fsp3) is 0. The van der Waals surface area contributed by atoms with Gasteiger partial charge in [0.05, 0.1) is 0 Å². The van der Waals surface area contributed by atoms with Gasteiger partial charge in [0.2, 0.25) is 0 Å². The third-order valence-electron chi connectivity index (χ3n) is 0.566. The van der Waals surface area contributed by atoms with Crippen LogP contribution < -0.4 is 6.15 Å². The summed E-state index contributed by atoms with van der Waals surface area (Å²) in [5.74, 6) is 0. The van der Waals surface area contributed by atoms with Crippen molar-refractivity contribution in [3.8, 4) is 0 Å². The molecule has 0 aliphatic heterocycles. The largest absolute Gasteiger partial charge is 4.00 e. The van der Waals surface area contributed by atoms with Crippen LogP contribution in [0.25, 0.3) is 0 Å². The van der Waals surface area contributed by atoms with E-state index < -0.39 is 0 Å². The van der Waals surface area contributed by atoms with E-state index in [-0.39, 0.29) is 30.1 Å². The van der Waals surface area contributed by atoms with Crippen molar-refractivity contribution in [1.82, 2.24) is 11.1 Å². The smallest absolute Gasteiger partial charge is 0.369 e. The molecule has 0 spiro atoms. The van der Waals surface area contributed by atoms with Crippen molar-refractivity contribution in [2.45, 2.75) is 0 Å². The molecule has 2 nitrogen and oxygen atoms in total. The summed E-state index contributed by atoms with van der Waals surface area (Å²) in [7, 11) is 0. The van der Waals surface area contributed by atoms with Crippen molar-refractivity contribution in [1.29, 1.82) is 0 Å². The Labute approximate surface area is 65.9 Å². The number of rotatable bonds is 0. The third-order valence-corrected chi connectivity index (χ3v) is 0.566. The summed E-state index contributed by atoms with van der Waals surface area (Å²) in [5.41, 5.74) is 0. The number of nitrogens with zero attached hydrogens (tertiary/aromatic N) is 1.